The molecule has 5 nitrogen and oxygen atoms in total. The molecule has 2 atom stereocenters. The summed E-state index contributed by atoms with van der Waals surface area (Å²) in [5, 5.41) is 2.54. The van der Waals surface area contributed by atoms with Gasteiger partial charge in [-0.05, 0) is 88.0 Å². The van der Waals surface area contributed by atoms with E-state index in [2.05, 4.69) is 47.8 Å². The lowest BCUT2D eigenvalue weighted by Crippen LogP contribution is -2.40. The number of rotatable bonds is 11. The number of hydrogen-bond donors (Lipinski definition) is 1. The molecule has 0 spiro atoms. The fraction of sp³-hybridized carbons (Fsp3) is 0.448. The number of ether oxygens (including phenoxy) is 2. The van der Waals surface area contributed by atoms with Gasteiger partial charge in [0.1, 0.15) is 24.2 Å². The van der Waals surface area contributed by atoms with E-state index < -0.39 is 17.7 Å². The second kappa shape index (κ2) is 13.8. The summed E-state index contributed by atoms with van der Waals surface area (Å²) < 4.78 is 11.2. The molecule has 0 radical (unpaired) electrons. The minimum atomic E-state index is -0.600. The van der Waals surface area contributed by atoms with Gasteiger partial charge in [-0.25, -0.2) is 4.79 Å². The van der Waals surface area contributed by atoms with Crippen molar-refractivity contribution in [3.8, 4) is 5.75 Å². The van der Waals surface area contributed by atoms with Crippen molar-refractivity contribution in [2.24, 2.45) is 0 Å². The van der Waals surface area contributed by atoms with Crippen LogP contribution in [0.25, 0.3) is 0 Å². The van der Waals surface area contributed by atoms with Crippen molar-refractivity contribution < 1.29 is 19.1 Å². The minimum Gasteiger partial charge on any atom is -0.489 e. The summed E-state index contributed by atoms with van der Waals surface area (Å²) in [6.07, 6.45) is 15.8. The van der Waals surface area contributed by atoms with Crippen LogP contribution in [0, 0.1) is 0 Å². The first kappa shape index (κ1) is 28.1. The first-order chi connectivity index (χ1) is 17.2. The van der Waals surface area contributed by atoms with E-state index >= 15 is 0 Å². The first-order valence-corrected chi connectivity index (χ1v) is 13.7. The number of alkyl halides is 1. The van der Waals surface area contributed by atoms with Crippen LogP contribution in [0.5, 0.6) is 5.75 Å². The number of carbonyl (C=O) groups excluding carboxylic acids is 2. The van der Waals surface area contributed by atoms with E-state index in [1.54, 1.807) is 32.5 Å². The number of alkyl carbamates (subject to hydrolysis) is 1. The highest BCUT2D eigenvalue weighted by molar-refractivity contribution is 8.03. The molecule has 0 saturated carbocycles. The second-order valence-electron chi connectivity index (χ2n) is 9.98. The maximum absolute atomic E-state index is 11.9. The summed E-state index contributed by atoms with van der Waals surface area (Å²) >= 11 is 8.41. The van der Waals surface area contributed by atoms with E-state index in [-0.39, 0.29) is 5.38 Å². The van der Waals surface area contributed by atoms with Crippen LogP contribution >= 0.6 is 23.4 Å². The van der Waals surface area contributed by atoms with Gasteiger partial charge in [-0.1, -0.05) is 53.8 Å². The van der Waals surface area contributed by atoms with Gasteiger partial charge in [0.25, 0.3) is 0 Å². The van der Waals surface area contributed by atoms with Gasteiger partial charge in [0, 0.05) is 4.90 Å². The molecule has 0 fully saturated rings. The normalized spacial score (nSPS) is 18.4. The predicted molar refractivity (Wildman–Crippen MR) is 148 cm³/mol. The largest absolute Gasteiger partial charge is 0.489 e. The Balaban J connectivity index is 1.47. The van der Waals surface area contributed by atoms with Crippen molar-refractivity contribution in [3.05, 3.63) is 70.7 Å². The number of nitrogens with one attached hydrogen (secondary N) is 1. The van der Waals surface area contributed by atoms with Crippen LogP contribution in [0.4, 0.5) is 4.79 Å². The summed E-state index contributed by atoms with van der Waals surface area (Å²) in [4.78, 5) is 25.6. The Morgan fingerprint density at radius 2 is 2.11 bits per heavy atom. The molecule has 2 aliphatic rings. The van der Waals surface area contributed by atoms with Crippen LogP contribution in [0.15, 0.2) is 75.6 Å². The molecular weight excluding hydrogens is 494 g/mol. The summed E-state index contributed by atoms with van der Waals surface area (Å²) in [5.74, 6) is 0.871. The molecule has 3 rings (SSSR count). The molecule has 194 valence electrons. The number of carbonyl (C=O) groups is 2. The minimum absolute atomic E-state index is 0.0864. The predicted octanol–water partition coefficient (Wildman–Crippen LogP) is 7.52. The number of allylic oxidation sites excluding steroid dienone is 7. The monoisotopic (exact) mass is 529 g/mol. The SMILES string of the molecule is CC(C)(C)OC(=O)NC(C=O)CCCC1=CC=C(Sc2cccc(OCC3=CC=CCC3)c2)CC1Cl. The maximum Gasteiger partial charge on any atom is 0.408 e. The van der Waals surface area contributed by atoms with Crippen molar-refractivity contribution >= 4 is 35.7 Å². The van der Waals surface area contributed by atoms with Crippen LogP contribution in [0.1, 0.15) is 59.3 Å². The average molecular weight is 530 g/mol. The lowest BCUT2D eigenvalue weighted by Gasteiger charge is -2.22. The lowest BCUT2D eigenvalue weighted by atomic mass is 9.97. The number of halogens is 1. The standard InChI is InChI=1S/C29H36ClNO4S/c1-29(2,3)35-28(33)31-23(19-32)12-7-11-22-15-16-26(18-27(22)30)36-25-14-8-13-24(17-25)34-20-21-9-5-4-6-10-21/h4-5,8-9,13-17,19,23,27H,6-7,10-12,18,20H2,1-3H3,(H,31,33). The summed E-state index contributed by atoms with van der Waals surface area (Å²) in [5.41, 5.74) is 1.86. The van der Waals surface area contributed by atoms with Crippen LogP contribution in [0.3, 0.4) is 0 Å². The quantitative estimate of drug-likeness (QED) is 0.237. The molecular formula is C29H36ClNO4S. The van der Waals surface area contributed by atoms with Crippen LogP contribution in [-0.4, -0.2) is 36.0 Å². The third-order valence-corrected chi connectivity index (χ3v) is 7.18. The highest BCUT2D eigenvalue weighted by atomic mass is 35.5. The number of thioether (sulfide) groups is 1. The zero-order valence-electron chi connectivity index (χ0n) is 21.3. The molecule has 0 aromatic heterocycles. The molecule has 2 aliphatic carbocycles. The second-order valence-corrected chi connectivity index (χ2v) is 11.7. The Morgan fingerprint density at radius 3 is 2.81 bits per heavy atom. The summed E-state index contributed by atoms with van der Waals surface area (Å²) in [6, 6.07) is 7.60. The van der Waals surface area contributed by atoms with Gasteiger partial charge in [0.2, 0.25) is 0 Å². The van der Waals surface area contributed by atoms with E-state index in [4.69, 9.17) is 21.1 Å². The zero-order chi connectivity index (χ0) is 26.0. The van der Waals surface area contributed by atoms with Gasteiger partial charge in [-0.15, -0.1) is 11.6 Å². The van der Waals surface area contributed by atoms with Gasteiger partial charge in [0.15, 0.2) is 0 Å². The smallest absolute Gasteiger partial charge is 0.408 e. The zero-order valence-corrected chi connectivity index (χ0v) is 22.9. The Kier molecular flexibility index (Phi) is 10.7. The summed E-state index contributed by atoms with van der Waals surface area (Å²) in [7, 11) is 0. The average Bonchev–Trinajstić information content (AvgIpc) is 2.83. The van der Waals surface area contributed by atoms with E-state index in [1.807, 2.05) is 12.1 Å². The van der Waals surface area contributed by atoms with Crippen molar-refractivity contribution in [2.75, 3.05) is 6.61 Å². The fourth-order valence-corrected chi connectivity index (χ4v) is 5.33. The number of hydrogen-bond acceptors (Lipinski definition) is 5. The van der Waals surface area contributed by atoms with Crippen molar-refractivity contribution in [2.45, 2.75) is 81.2 Å². The van der Waals surface area contributed by atoms with Crippen LogP contribution < -0.4 is 10.1 Å². The number of amides is 1. The molecule has 1 aromatic rings. The third kappa shape index (κ3) is 9.90. The van der Waals surface area contributed by atoms with E-state index in [0.717, 1.165) is 54.6 Å². The Labute approximate surface area is 224 Å². The van der Waals surface area contributed by atoms with Gasteiger partial charge in [-0.2, -0.15) is 0 Å². The molecule has 1 amide bonds. The van der Waals surface area contributed by atoms with Crippen LogP contribution in [-0.2, 0) is 9.53 Å². The topological polar surface area (TPSA) is 64.6 Å². The Hall–Kier alpha value is -2.44. The molecule has 7 heteroatoms. The number of benzene rings is 1. The Morgan fingerprint density at radius 1 is 1.28 bits per heavy atom. The maximum atomic E-state index is 11.9. The highest BCUT2D eigenvalue weighted by Crippen LogP contribution is 2.37. The van der Waals surface area contributed by atoms with Crippen molar-refractivity contribution in [1.29, 1.82) is 0 Å². The third-order valence-electron chi connectivity index (χ3n) is 5.69. The van der Waals surface area contributed by atoms with Gasteiger partial charge >= 0.3 is 6.09 Å². The fourth-order valence-electron chi connectivity index (χ4n) is 3.88. The van der Waals surface area contributed by atoms with Gasteiger partial charge in [0.05, 0.1) is 11.4 Å². The summed E-state index contributed by atoms with van der Waals surface area (Å²) in [6.45, 7) is 5.99. The highest BCUT2D eigenvalue weighted by Gasteiger charge is 2.21. The van der Waals surface area contributed by atoms with Gasteiger partial charge in [-0.3, -0.25) is 0 Å². The van der Waals surface area contributed by atoms with Gasteiger partial charge < -0.3 is 19.6 Å². The van der Waals surface area contributed by atoms with E-state index in [1.165, 1.54) is 10.5 Å². The molecule has 2 unspecified atom stereocenters. The molecule has 36 heavy (non-hydrogen) atoms. The van der Waals surface area contributed by atoms with E-state index in [9.17, 15) is 9.59 Å². The lowest BCUT2D eigenvalue weighted by molar-refractivity contribution is -0.109. The molecule has 1 aromatic carbocycles. The van der Waals surface area contributed by atoms with E-state index in [0.29, 0.717) is 13.0 Å². The molecule has 0 aliphatic heterocycles. The molecule has 1 N–H and O–H groups in total. The van der Waals surface area contributed by atoms with Crippen molar-refractivity contribution in [1.82, 2.24) is 5.32 Å². The molecule has 0 bridgehead atoms. The molecule has 0 heterocycles. The van der Waals surface area contributed by atoms with Crippen molar-refractivity contribution in [3.63, 3.8) is 0 Å². The van der Waals surface area contributed by atoms with Crippen LogP contribution in [0.2, 0.25) is 0 Å². The molecule has 0 saturated heterocycles. The first-order valence-electron chi connectivity index (χ1n) is 12.5. The number of aldehydes is 1. The Bertz CT molecular complexity index is 1040.